The first kappa shape index (κ1) is 17.7. The minimum atomic E-state index is -0.793. The van der Waals surface area contributed by atoms with Crippen LogP contribution < -0.4 is 9.64 Å². The van der Waals surface area contributed by atoms with Gasteiger partial charge in [-0.05, 0) is 11.6 Å². The molecule has 25 heavy (non-hydrogen) atoms. The van der Waals surface area contributed by atoms with E-state index in [1.807, 2.05) is 0 Å². The lowest BCUT2D eigenvalue weighted by Crippen LogP contribution is -2.37. The second kappa shape index (κ2) is 7.83. The fourth-order valence-corrected chi connectivity index (χ4v) is 2.50. The van der Waals surface area contributed by atoms with E-state index in [1.54, 1.807) is 4.90 Å². The van der Waals surface area contributed by atoms with Crippen LogP contribution in [0.25, 0.3) is 0 Å². The normalized spacial score (nSPS) is 14.6. The van der Waals surface area contributed by atoms with Gasteiger partial charge < -0.3 is 14.4 Å². The van der Waals surface area contributed by atoms with Gasteiger partial charge in [0.1, 0.15) is 11.6 Å². The number of anilines is 1. The molecule has 2 aromatic heterocycles. The van der Waals surface area contributed by atoms with Crippen LogP contribution >= 0.6 is 11.6 Å². The maximum atomic E-state index is 14.6. The highest BCUT2D eigenvalue weighted by molar-refractivity contribution is 6.28. The van der Waals surface area contributed by atoms with Crippen LogP contribution in [0.15, 0.2) is 12.3 Å². The second-order valence-corrected chi connectivity index (χ2v) is 5.55. The first-order valence-corrected chi connectivity index (χ1v) is 7.91. The molecule has 10 heteroatoms. The van der Waals surface area contributed by atoms with E-state index in [4.69, 9.17) is 21.1 Å². The summed E-state index contributed by atoms with van der Waals surface area (Å²) in [5, 5.41) is -0.163. The molecule has 1 aliphatic rings. The van der Waals surface area contributed by atoms with E-state index in [0.717, 1.165) is 12.3 Å². The topological polar surface area (TPSA) is 60.4 Å². The zero-order valence-electron chi connectivity index (χ0n) is 13.0. The summed E-state index contributed by atoms with van der Waals surface area (Å²) in [6.07, 6.45) is 0.914. The summed E-state index contributed by atoms with van der Waals surface area (Å²) in [5.74, 6) is -2.61. The van der Waals surface area contributed by atoms with Crippen LogP contribution in [-0.2, 0) is 11.2 Å². The molecule has 1 saturated heterocycles. The number of aromatic nitrogens is 3. The molecule has 3 heterocycles. The Labute approximate surface area is 146 Å². The predicted octanol–water partition coefficient (Wildman–Crippen LogP) is 2.40. The SMILES string of the molecule is Fc1cnc(CCOc2nc(Cl)nc(N3CCOCC3)c2F)c(F)c1. The van der Waals surface area contributed by atoms with Crippen molar-refractivity contribution in [3.8, 4) is 5.88 Å². The third-order valence-electron chi connectivity index (χ3n) is 3.55. The minimum Gasteiger partial charge on any atom is -0.475 e. The number of hydrogen-bond donors (Lipinski definition) is 0. The molecule has 6 nitrogen and oxygen atoms in total. The fraction of sp³-hybridized carbons (Fsp3) is 0.400. The number of pyridine rings is 1. The molecule has 134 valence electrons. The molecule has 0 bridgehead atoms. The van der Waals surface area contributed by atoms with E-state index in [-0.39, 0.29) is 35.7 Å². The van der Waals surface area contributed by atoms with Gasteiger partial charge in [-0.2, -0.15) is 14.4 Å². The molecule has 1 aliphatic heterocycles. The summed E-state index contributed by atoms with van der Waals surface area (Å²) in [7, 11) is 0. The van der Waals surface area contributed by atoms with E-state index in [9.17, 15) is 13.2 Å². The van der Waals surface area contributed by atoms with Crippen LogP contribution in [0, 0.1) is 17.5 Å². The van der Waals surface area contributed by atoms with E-state index in [1.165, 1.54) is 0 Å². The van der Waals surface area contributed by atoms with Gasteiger partial charge in [-0.15, -0.1) is 0 Å². The summed E-state index contributed by atoms with van der Waals surface area (Å²) in [4.78, 5) is 12.9. The van der Waals surface area contributed by atoms with E-state index < -0.39 is 17.5 Å². The first-order chi connectivity index (χ1) is 12.0. The third kappa shape index (κ3) is 4.29. The lowest BCUT2D eigenvalue weighted by atomic mass is 10.2. The number of hydrogen-bond acceptors (Lipinski definition) is 6. The van der Waals surface area contributed by atoms with Crippen LogP contribution in [0.4, 0.5) is 19.0 Å². The van der Waals surface area contributed by atoms with E-state index >= 15 is 0 Å². The van der Waals surface area contributed by atoms with Crippen molar-refractivity contribution in [2.24, 2.45) is 0 Å². The molecule has 0 amide bonds. The lowest BCUT2D eigenvalue weighted by Gasteiger charge is -2.28. The number of halogens is 4. The lowest BCUT2D eigenvalue weighted by molar-refractivity contribution is 0.122. The van der Waals surface area contributed by atoms with E-state index in [0.29, 0.717) is 26.3 Å². The van der Waals surface area contributed by atoms with Crippen molar-refractivity contribution in [2.75, 3.05) is 37.8 Å². The smallest absolute Gasteiger partial charge is 0.257 e. The van der Waals surface area contributed by atoms with Gasteiger partial charge >= 0.3 is 0 Å². The third-order valence-corrected chi connectivity index (χ3v) is 3.72. The Balaban J connectivity index is 1.70. The number of morpholine rings is 1. The monoisotopic (exact) mass is 374 g/mol. The average Bonchev–Trinajstić information content (AvgIpc) is 2.60. The van der Waals surface area contributed by atoms with Gasteiger partial charge in [0, 0.05) is 25.6 Å². The molecule has 0 unspecified atom stereocenters. The molecule has 0 aliphatic carbocycles. The maximum absolute atomic E-state index is 14.6. The Kier molecular flexibility index (Phi) is 5.54. The summed E-state index contributed by atoms with van der Waals surface area (Å²) in [5.41, 5.74) is 0.00960. The number of ether oxygens (including phenoxy) is 2. The first-order valence-electron chi connectivity index (χ1n) is 7.53. The molecule has 3 rings (SSSR count). The van der Waals surface area contributed by atoms with Crippen LogP contribution in [0.1, 0.15) is 5.69 Å². The van der Waals surface area contributed by atoms with E-state index in [2.05, 4.69) is 15.0 Å². The predicted molar refractivity (Wildman–Crippen MR) is 83.4 cm³/mol. The minimum absolute atomic E-state index is 0.00960. The fourth-order valence-electron chi connectivity index (χ4n) is 2.34. The van der Waals surface area contributed by atoms with Gasteiger partial charge in [-0.3, -0.25) is 4.98 Å². The summed E-state index contributed by atoms with van der Waals surface area (Å²) in [6.45, 7) is 1.73. The molecule has 2 aromatic rings. The Morgan fingerprint density at radius 1 is 1.20 bits per heavy atom. The highest BCUT2D eigenvalue weighted by atomic mass is 35.5. The largest absolute Gasteiger partial charge is 0.475 e. The molecule has 0 saturated carbocycles. The van der Waals surface area contributed by atoms with Crippen LogP contribution in [0.5, 0.6) is 5.88 Å². The maximum Gasteiger partial charge on any atom is 0.257 e. The Bertz CT molecular complexity index is 760. The molecular weight excluding hydrogens is 361 g/mol. The Morgan fingerprint density at radius 3 is 2.68 bits per heavy atom. The zero-order chi connectivity index (χ0) is 17.8. The highest BCUT2D eigenvalue weighted by Gasteiger charge is 2.22. The molecule has 1 fully saturated rings. The summed E-state index contributed by atoms with van der Waals surface area (Å²) < 4.78 is 51.4. The molecular formula is C15H14ClF3N4O2. The van der Waals surface area contributed by atoms with Crippen molar-refractivity contribution in [3.63, 3.8) is 0 Å². The second-order valence-electron chi connectivity index (χ2n) is 5.22. The Hall–Kier alpha value is -2.13. The molecule has 0 aromatic carbocycles. The number of nitrogens with zero attached hydrogens (tertiary/aromatic N) is 4. The van der Waals surface area contributed by atoms with Gasteiger partial charge in [0.25, 0.3) is 5.88 Å². The molecule has 0 radical (unpaired) electrons. The standard InChI is InChI=1S/C15H14ClF3N4O2/c16-15-21-13(23-2-5-24-6-3-23)12(19)14(22-15)25-4-1-11-10(18)7-9(17)8-20-11/h7-8H,1-6H2. The van der Waals surface area contributed by atoms with Crippen LogP contribution in [0.2, 0.25) is 5.28 Å². The van der Waals surface area contributed by atoms with Gasteiger partial charge in [-0.1, -0.05) is 0 Å². The van der Waals surface area contributed by atoms with Crippen molar-refractivity contribution in [2.45, 2.75) is 6.42 Å². The van der Waals surface area contributed by atoms with Gasteiger partial charge in [0.2, 0.25) is 11.1 Å². The average molecular weight is 375 g/mol. The molecule has 0 spiro atoms. The van der Waals surface area contributed by atoms with Gasteiger partial charge in [-0.25, -0.2) is 8.78 Å². The number of rotatable bonds is 5. The van der Waals surface area contributed by atoms with Crippen molar-refractivity contribution in [1.82, 2.24) is 15.0 Å². The molecule has 0 N–H and O–H groups in total. The van der Waals surface area contributed by atoms with Crippen LogP contribution in [-0.4, -0.2) is 47.9 Å². The summed E-state index contributed by atoms with van der Waals surface area (Å²) in [6, 6.07) is 0.723. The summed E-state index contributed by atoms with van der Waals surface area (Å²) >= 11 is 5.84. The quantitative estimate of drug-likeness (QED) is 0.749. The highest BCUT2D eigenvalue weighted by Crippen LogP contribution is 2.26. The zero-order valence-corrected chi connectivity index (χ0v) is 13.8. The van der Waals surface area contributed by atoms with Crippen LogP contribution in [0.3, 0.4) is 0 Å². The molecule has 0 atom stereocenters. The van der Waals surface area contributed by atoms with Crippen molar-refractivity contribution < 1.29 is 22.6 Å². The van der Waals surface area contributed by atoms with Gasteiger partial charge in [0.05, 0.1) is 31.7 Å². The van der Waals surface area contributed by atoms with Crippen molar-refractivity contribution in [3.05, 3.63) is 40.7 Å². The van der Waals surface area contributed by atoms with Crippen molar-refractivity contribution in [1.29, 1.82) is 0 Å². The van der Waals surface area contributed by atoms with Gasteiger partial charge in [0.15, 0.2) is 5.82 Å². The Morgan fingerprint density at radius 2 is 1.96 bits per heavy atom. The van der Waals surface area contributed by atoms with Crippen molar-refractivity contribution >= 4 is 17.4 Å².